The van der Waals surface area contributed by atoms with Crippen molar-refractivity contribution >= 4 is 29.6 Å². The van der Waals surface area contributed by atoms with Gasteiger partial charge in [-0.05, 0) is 55.8 Å². The number of hydrogen-bond acceptors (Lipinski definition) is 8. The van der Waals surface area contributed by atoms with E-state index in [0.29, 0.717) is 31.4 Å². The summed E-state index contributed by atoms with van der Waals surface area (Å²) in [6.07, 6.45) is 1.47. The normalized spacial score (nSPS) is 14.1. The van der Waals surface area contributed by atoms with Gasteiger partial charge in [-0.2, -0.15) is 0 Å². The molecule has 39 heavy (non-hydrogen) atoms. The molecular weight excluding hydrogens is 508 g/mol. The third-order valence-corrected chi connectivity index (χ3v) is 5.95. The molecule has 0 saturated carbocycles. The minimum atomic E-state index is -1.30. The third-order valence-electron chi connectivity index (χ3n) is 5.95. The summed E-state index contributed by atoms with van der Waals surface area (Å²) in [7, 11) is 0. The molecule has 0 radical (unpaired) electrons. The van der Waals surface area contributed by atoms with Crippen LogP contribution < -0.4 is 33.2 Å². The van der Waals surface area contributed by atoms with Gasteiger partial charge < -0.3 is 43.4 Å². The molecule has 11 N–H and O–H groups in total. The van der Waals surface area contributed by atoms with Crippen molar-refractivity contribution in [3.63, 3.8) is 0 Å². The van der Waals surface area contributed by atoms with Gasteiger partial charge in [0.2, 0.25) is 23.6 Å². The van der Waals surface area contributed by atoms with Crippen LogP contribution in [0.15, 0.2) is 24.3 Å². The van der Waals surface area contributed by atoms with E-state index in [9.17, 15) is 34.2 Å². The Kier molecular flexibility index (Phi) is 14.5. The highest BCUT2D eigenvalue weighted by molar-refractivity contribution is 5.94. The van der Waals surface area contributed by atoms with Crippen LogP contribution in [0.4, 0.5) is 0 Å². The van der Waals surface area contributed by atoms with Crippen LogP contribution in [0.5, 0.6) is 5.75 Å². The second-order valence-corrected chi connectivity index (χ2v) is 9.92. The number of unbranched alkanes of at least 4 members (excludes halogenated alkanes) is 1. The zero-order chi connectivity index (χ0) is 29.5. The molecule has 1 aromatic carbocycles. The van der Waals surface area contributed by atoms with Crippen LogP contribution in [-0.2, 0) is 30.4 Å². The lowest BCUT2D eigenvalue weighted by Crippen LogP contribution is -2.57. The number of aromatic hydroxyl groups is 1. The first kappa shape index (κ1) is 33.3. The molecule has 4 amide bonds. The molecule has 0 heterocycles. The van der Waals surface area contributed by atoms with Crippen LogP contribution in [0.2, 0.25) is 0 Å². The molecule has 4 unspecified atom stereocenters. The van der Waals surface area contributed by atoms with Crippen molar-refractivity contribution < 1.29 is 34.2 Å². The first-order valence-corrected chi connectivity index (χ1v) is 13.0. The van der Waals surface area contributed by atoms with Crippen molar-refractivity contribution in [3.05, 3.63) is 29.8 Å². The second-order valence-electron chi connectivity index (χ2n) is 9.92. The molecule has 0 fully saturated rings. The second kappa shape index (κ2) is 17.0. The maximum Gasteiger partial charge on any atom is 0.326 e. The number of carboxylic acid groups (broad SMARTS) is 1. The number of aliphatic carboxylic acids is 1. The largest absolute Gasteiger partial charge is 0.508 e. The highest BCUT2D eigenvalue weighted by Crippen LogP contribution is 2.13. The SMILES string of the molecule is CC(C)CC(NC(=O)C(CCC(N)=O)NC(=O)C(N)CCCCN)C(=O)NC(Cc1ccc(O)cc1)C(=O)O. The summed E-state index contributed by atoms with van der Waals surface area (Å²) >= 11 is 0. The van der Waals surface area contributed by atoms with Crippen molar-refractivity contribution in [2.75, 3.05) is 6.54 Å². The summed E-state index contributed by atoms with van der Waals surface area (Å²) in [6.45, 7) is 4.10. The van der Waals surface area contributed by atoms with Gasteiger partial charge in [-0.15, -0.1) is 0 Å². The van der Waals surface area contributed by atoms with E-state index >= 15 is 0 Å². The lowest BCUT2D eigenvalue weighted by Gasteiger charge is -2.26. The fourth-order valence-electron chi connectivity index (χ4n) is 3.79. The Bertz CT molecular complexity index is 970. The number of hydrogen-bond donors (Lipinski definition) is 8. The molecule has 0 aliphatic carbocycles. The number of carboxylic acids is 1. The highest BCUT2D eigenvalue weighted by atomic mass is 16.4. The van der Waals surface area contributed by atoms with E-state index in [-0.39, 0.29) is 37.4 Å². The minimum absolute atomic E-state index is 0.0175. The van der Waals surface area contributed by atoms with E-state index in [2.05, 4.69) is 16.0 Å². The summed E-state index contributed by atoms with van der Waals surface area (Å²) in [6, 6.07) is 1.38. The van der Waals surface area contributed by atoms with E-state index in [4.69, 9.17) is 17.2 Å². The first-order valence-electron chi connectivity index (χ1n) is 13.0. The number of phenols is 1. The molecule has 0 aromatic heterocycles. The molecule has 218 valence electrons. The number of benzene rings is 1. The van der Waals surface area contributed by atoms with Gasteiger partial charge >= 0.3 is 5.97 Å². The molecule has 0 aliphatic rings. The fourth-order valence-corrected chi connectivity index (χ4v) is 3.79. The predicted octanol–water partition coefficient (Wildman–Crippen LogP) is -0.758. The first-order chi connectivity index (χ1) is 18.3. The van der Waals surface area contributed by atoms with Crippen molar-refractivity contribution in [3.8, 4) is 5.75 Å². The number of nitrogens with two attached hydrogens (primary N) is 3. The average molecular weight is 551 g/mol. The molecule has 1 rings (SSSR count). The lowest BCUT2D eigenvalue weighted by molar-refractivity contribution is -0.142. The Labute approximate surface area is 228 Å². The number of amides is 4. The number of rotatable bonds is 18. The zero-order valence-corrected chi connectivity index (χ0v) is 22.5. The molecule has 13 heteroatoms. The summed E-state index contributed by atoms with van der Waals surface area (Å²) in [5, 5.41) is 26.7. The van der Waals surface area contributed by atoms with Gasteiger partial charge in [0.05, 0.1) is 6.04 Å². The summed E-state index contributed by atoms with van der Waals surface area (Å²) in [4.78, 5) is 62.1. The Morgan fingerprint density at radius 3 is 1.95 bits per heavy atom. The van der Waals surface area contributed by atoms with Gasteiger partial charge in [0.1, 0.15) is 23.9 Å². The van der Waals surface area contributed by atoms with Crippen LogP contribution in [-0.4, -0.2) is 70.5 Å². The standard InChI is InChI=1S/C26H42N6O7/c1-15(2)13-20(25(37)32-21(26(38)39)14-16-6-8-17(33)9-7-16)31-24(36)19(10-11-22(29)34)30-23(35)18(28)5-3-4-12-27/h6-9,15,18-21,33H,3-5,10-14,27-28H2,1-2H3,(H2,29,34)(H,30,35)(H,31,36)(H,32,37)(H,38,39). The predicted molar refractivity (Wildman–Crippen MR) is 144 cm³/mol. The van der Waals surface area contributed by atoms with Gasteiger partial charge in [-0.1, -0.05) is 32.4 Å². The summed E-state index contributed by atoms with van der Waals surface area (Å²) < 4.78 is 0. The molecule has 4 atom stereocenters. The third kappa shape index (κ3) is 13.1. The van der Waals surface area contributed by atoms with Crippen LogP contribution in [0.1, 0.15) is 57.9 Å². The maximum absolute atomic E-state index is 13.2. The van der Waals surface area contributed by atoms with E-state index in [1.165, 1.54) is 24.3 Å². The minimum Gasteiger partial charge on any atom is -0.508 e. The number of carbonyl (C=O) groups excluding carboxylic acids is 4. The van der Waals surface area contributed by atoms with Crippen molar-refractivity contribution in [2.45, 2.75) is 83.0 Å². The molecule has 1 aromatic rings. The van der Waals surface area contributed by atoms with Crippen LogP contribution in [0.25, 0.3) is 0 Å². The molecule has 13 nitrogen and oxygen atoms in total. The van der Waals surface area contributed by atoms with E-state index < -0.39 is 53.8 Å². The smallest absolute Gasteiger partial charge is 0.326 e. The Balaban J connectivity index is 3.00. The number of nitrogens with one attached hydrogen (secondary N) is 3. The maximum atomic E-state index is 13.2. The van der Waals surface area contributed by atoms with Crippen molar-refractivity contribution in [1.82, 2.24) is 16.0 Å². The van der Waals surface area contributed by atoms with Crippen LogP contribution >= 0.6 is 0 Å². The van der Waals surface area contributed by atoms with Crippen molar-refractivity contribution in [1.29, 1.82) is 0 Å². The summed E-state index contributed by atoms with van der Waals surface area (Å²) in [5.74, 6) is -4.04. The zero-order valence-electron chi connectivity index (χ0n) is 22.5. The highest BCUT2D eigenvalue weighted by Gasteiger charge is 2.31. The topological polar surface area (TPSA) is 240 Å². The fraction of sp³-hybridized carbons (Fsp3) is 0.577. The number of primary amides is 1. The van der Waals surface area contributed by atoms with Gasteiger partial charge in [0.25, 0.3) is 0 Å². The quantitative estimate of drug-likeness (QED) is 0.107. The van der Waals surface area contributed by atoms with E-state index in [0.717, 1.165) is 0 Å². The molecule has 0 spiro atoms. The number of carbonyl (C=O) groups is 5. The Morgan fingerprint density at radius 1 is 0.846 bits per heavy atom. The van der Waals surface area contributed by atoms with Gasteiger partial charge in [-0.25, -0.2) is 4.79 Å². The van der Waals surface area contributed by atoms with Crippen LogP contribution in [0.3, 0.4) is 0 Å². The van der Waals surface area contributed by atoms with Gasteiger partial charge in [0.15, 0.2) is 0 Å². The molecule has 0 saturated heterocycles. The number of phenolic OH excluding ortho intramolecular Hbond substituents is 1. The lowest BCUT2D eigenvalue weighted by atomic mass is 10.0. The molecular formula is C26H42N6O7. The molecule has 0 bridgehead atoms. The van der Waals surface area contributed by atoms with Crippen molar-refractivity contribution in [2.24, 2.45) is 23.1 Å². The average Bonchev–Trinajstić information content (AvgIpc) is 2.86. The molecule has 0 aliphatic heterocycles. The Morgan fingerprint density at radius 2 is 1.41 bits per heavy atom. The van der Waals surface area contributed by atoms with E-state index in [1.807, 2.05) is 13.8 Å². The summed E-state index contributed by atoms with van der Waals surface area (Å²) in [5.41, 5.74) is 17.2. The van der Waals surface area contributed by atoms with Crippen LogP contribution in [0, 0.1) is 5.92 Å². The Hall–Kier alpha value is -3.71. The monoisotopic (exact) mass is 550 g/mol. The van der Waals surface area contributed by atoms with Gasteiger partial charge in [0, 0.05) is 12.8 Å². The van der Waals surface area contributed by atoms with E-state index in [1.54, 1.807) is 0 Å². The van der Waals surface area contributed by atoms with Gasteiger partial charge in [-0.3, -0.25) is 19.2 Å².